The van der Waals surface area contributed by atoms with E-state index in [4.69, 9.17) is 10.5 Å². The predicted molar refractivity (Wildman–Crippen MR) is 98.8 cm³/mol. The summed E-state index contributed by atoms with van der Waals surface area (Å²) in [6, 6.07) is 5.68. The molecule has 0 aromatic heterocycles. The molecule has 3 N–H and O–H groups in total. The number of nitrogens with zero attached hydrogens (tertiary/aromatic N) is 2. The minimum absolute atomic E-state index is 0.0805. The van der Waals surface area contributed by atoms with Crippen molar-refractivity contribution in [2.45, 2.75) is 58.3 Å². The molecule has 0 fully saturated rings. The Bertz CT molecular complexity index is 598. The van der Waals surface area contributed by atoms with E-state index >= 15 is 0 Å². The number of aliphatic hydroxyl groups is 1. The van der Waals surface area contributed by atoms with E-state index < -0.39 is 6.10 Å². The molecule has 0 unspecified atom stereocenters. The second kappa shape index (κ2) is 7.64. The summed E-state index contributed by atoms with van der Waals surface area (Å²) in [6.07, 6.45) is 1.14. The number of rotatable bonds is 6. The average molecular weight is 333 g/mol. The second-order valence-electron chi connectivity index (χ2n) is 7.22. The summed E-state index contributed by atoms with van der Waals surface area (Å²) in [7, 11) is 2.02. The third kappa shape index (κ3) is 4.56. The van der Waals surface area contributed by atoms with Gasteiger partial charge in [0.1, 0.15) is 5.84 Å². The Hall–Kier alpha value is -1.43. The molecule has 0 heterocycles. The molecule has 24 heavy (non-hydrogen) atoms. The van der Waals surface area contributed by atoms with E-state index in [1.807, 2.05) is 32.2 Å². The Morgan fingerprint density at radius 2 is 2.17 bits per heavy atom. The summed E-state index contributed by atoms with van der Waals surface area (Å²) >= 11 is 0. The lowest BCUT2D eigenvalue weighted by Crippen LogP contribution is -2.32. The van der Waals surface area contributed by atoms with Crippen LogP contribution in [0.25, 0.3) is 0 Å². The zero-order chi connectivity index (χ0) is 17.9. The Balaban J connectivity index is 1.98. The topological polar surface area (TPSA) is 71.1 Å². The van der Waals surface area contributed by atoms with Gasteiger partial charge in [0.2, 0.25) is 0 Å². The SMILES string of the molecule is CCC(C)(C)OCCN(C)C(C)=Nc1ccc2c(c1)[C@@H](N)[C@H](O)C2. The van der Waals surface area contributed by atoms with Crippen LogP contribution < -0.4 is 5.73 Å². The molecule has 0 radical (unpaired) electrons. The number of amidine groups is 1. The van der Waals surface area contributed by atoms with Gasteiger partial charge in [-0.25, -0.2) is 4.99 Å². The van der Waals surface area contributed by atoms with Crippen molar-refractivity contribution in [2.75, 3.05) is 20.2 Å². The lowest BCUT2D eigenvalue weighted by atomic mass is 10.1. The molecule has 5 heteroatoms. The van der Waals surface area contributed by atoms with E-state index in [9.17, 15) is 5.11 Å². The Kier molecular flexibility index (Phi) is 6.01. The molecule has 0 saturated heterocycles. The zero-order valence-corrected chi connectivity index (χ0v) is 15.5. The van der Waals surface area contributed by atoms with Crippen LogP contribution in [-0.2, 0) is 11.2 Å². The van der Waals surface area contributed by atoms with Crippen molar-refractivity contribution in [1.82, 2.24) is 4.90 Å². The fraction of sp³-hybridized carbons (Fsp3) is 0.632. The summed E-state index contributed by atoms with van der Waals surface area (Å²) in [5.41, 5.74) is 8.96. The third-order valence-electron chi connectivity index (χ3n) is 4.95. The van der Waals surface area contributed by atoms with Crippen molar-refractivity contribution >= 4 is 11.5 Å². The van der Waals surface area contributed by atoms with Gasteiger partial charge in [0.05, 0.1) is 30.0 Å². The second-order valence-corrected chi connectivity index (χ2v) is 7.22. The maximum Gasteiger partial charge on any atom is 0.101 e. The fourth-order valence-electron chi connectivity index (χ4n) is 2.70. The lowest BCUT2D eigenvalue weighted by Gasteiger charge is -2.26. The van der Waals surface area contributed by atoms with E-state index in [1.165, 1.54) is 0 Å². The first-order valence-electron chi connectivity index (χ1n) is 8.70. The summed E-state index contributed by atoms with van der Waals surface area (Å²) in [5, 5.41) is 9.88. The van der Waals surface area contributed by atoms with Gasteiger partial charge >= 0.3 is 0 Å². The molecule has 134 valence electrons. The minimum Gasteiger partial charge on any atom is -0.391 e. The molecule has 2 atom stereocenters. The number of aliphatic imine (C=N–C) groups is 1. The highest BCUT2D eigenvalue weighted by molar-refractivity contribution is 5.82. The first-order valence-corrected chi connectivity index (χ1v) is 8.70. The molecule has 5 nitrogen and oxygen atoms in total. The fourth-order valence-corrected chi connectivity index (χ4v) is 2.70. The van der Waals surface area contributed by atoms with Gasteiger partial charge in [-0.3, -0.25) is 0 Å². The van der Waals surface area contributed by atoms with E-state index in [0.717, 1.165) is 35.6 Å². The number of fused-ring (bicyclic) bond motifs is 1. The summed E-state index contributed by atoms with van der Waals surface area (Å²) in [4.78, 5) is 6.77. The van der Waals surface area contributed by atoms with Gasteiger partial charge in [-0.2, -0.15) is 0 Å². The molecular weight excluding hydrogens is 302 g/mol. The molecule has 1 aromatic rings. The maximum absolute atomic E-state index is 9.88. The Labute approximate surface area is 145 Å². The molecule has 0 amide bonds. The first-order chi connectivity index (χ1) is 11.2. The highest BCUT2D eigenvalue weighted by atomic mass is 16.5. The van der Waals surface area contributed by atoms with Crippen molar-refractivity contribution in [3.8, 4) is 0 Å². The number of aliphatic hydroxyl groups excluding tert-OH is 1. The van der Waals surface area contributed by atoms with Crippen LogP contribution in [0.5, 0.6) is 0 Å². The smallest absolute Gasteiger partial charge is 0.101 e. The van der Waals surface area contributed by atoms with Gasteiger partial charge in [-0.1, -0.05) is 13.0 Å². The highest BCUT2D eigenvalue weighted by Crippen LogP contribution is 2.32. The van der Waals surface area contributed by atoms with Crippen molar-refractivity contribution in [2.24, 2.45) is 10.7 Å². The van der Waals surface area contributed by atoms with E-state index in [-0.39, 0.29) is 11.6 Å². The molecule has 0 bridgehead atoms. The standard InChI is InChI=1S/C19H31N3O2/c1-6-19(3,4)24-10-9-22(5)13(2)21-15-8-7-14-11-17(23)18(20)16(14)12-15/h7-8,12,17-18,23H,6,9-11,20H2,1-5H3/t17-,18-/m1/s1. The minimum atomic E-state index is -0.484. The summed E-state index contributed by atoms with van der Waals surface area (Å²) < 4.78 is 5.90. The van der Waals surface area contributed by atoms with Crippen molar-refractivity contribution in [1.29, 1.82) is 0 Å². The molecule has 1 aliphatic carbocycles. The lowest BCUT2D eigenvalue weighted by molar-refractivity contribution is -0.0227. The number of ether oxygens (including phenoxy) is 1. The van der Waals surface area contributed by atoms with Crippen LogP contribution in [0.3, 0.4) is 0 Å². The van der Waals surface area contributed by atoms with Gasteiger partial charge in [-0.15, -0.1) is 0 Å². The zero-order valence-electron chi connectivity index (χ0n) is 15.5. The van der Waals surface area contributed by atoms with E-state index in [2.05, 4.69) is 30.7 Å². The molecule has 0 aliphatic heterocycles. The van der Waals surface area contributed by atoms with Gasteiger partial charge in [0, 0.05) is 20.0 Å². The van der Waals surface area contributed by atoms with Crippen LogP contribution in [-0.4, -0.2) is 47.7 Å². The van der Waals surface area contributed by atoms with Crippen molar-refractivity contribution < 1.29 is 9.84 Å². The number of hydrogen-bond donors (Lipinski definition) is 2. The summed E-state index contributed by atoms with van der Waals surface area (Å²) in [5.74, 6) is 0.931. The number of nitrogens with two attached hydrogens (primary N) is 1. The quantitative estimate of drug-likeness (QED) is 0.620. The highest BCUT2D eigenvalue weighted by Gasteiger charge is 2.27. The van der Waals surface area contributed by atoms with Crippen LogP contribution in [0, 0.1) is 0 Å². The number of benzene rings is 1. The average Bonchev–Trinajstić information content (AvgIpc) is 2.82. The van der Waals surface area contributed by atoms with Gasteiger partial charge in [-0.05, 0) is 50.5 Å². The van der Waals surface area contributed by atoms with Gasteiger partial charge < -0.3 is 20.5 Å². The van der Waals surface area contributed by atoms with Crippen LogP contribution in [0.2, 0.25) is 0 Å². The van der Waals surface area contributed by atoms with Crippen LogP contribution in [0.1, 0.15) is 51.3 Å². The Morgan fingerprint density at radius 3 is 2.83 bits per heavy atom. The third-order valence-corrected chi connectivity index (χ3v) is 4.95. The van der Waals surface area contributed by atoms with Gasteiger partial charge in [0.15, 0.2) is 0 Å². The van der Waals surface area contributed by atoms with Crippen molar-refractivity contribution in [3.05, 3.63) is 29.3 Å². The molecular formula is C19H31N3O2. The number of likely N-dealkylation sites (N-methyl/N-ethyl adjacent to an activating group) is 1. The predicted octanol–water partition coefficient (Wildman–Crippen LogP) is 2.79. The maximum atomic E-state index is 9.88. The number of hydrogen-bond acceptors (Lipinski definition) is 4. The summed E-state index contributed by atoms with van der Waals surface area (Å²) in [6.45, 7) is 9.80. The van der Waals surface area contributed by atoms with Gasteiger partial charge in [0.25, 0.3) is 0 Å². The molecule has 0 saturated carbocycles. The molecule has 1 aromatic carbocycles. The van der Waals surface area contributed by atoms with Crippen LogP contribution >= 0.6 is 0 Å². The molecule has 0 spiro atoms. The van der Waals surface area contributed by atoms with Crippen molar-refractivity contribution in [3.63, 3.8) is 0 Å². The first kappa shape index (κ1) is 18.9. The van der Waals surface area contributed by atoms with Crippen LogP contribution in [0.4, 0.5) is 5.69 Å². The monoisotopic (exact) mass is 333 g/mol. The molecule has 1 aliphatic rings. The van der Waals surface area contributed by atoms with E-state index in [1.54, 1.807) is 0 Å². The largest absolute Gasteiger partial charge is 0.391 e. The normalized spacial score (nSPS) is 21.0. The Morgan fingerprint density at radius 1 is 1.46 bits per heavy atom. The van der Waals surface area contributed by atoms with E-state index in [0.29, 0.717) is 13.0 Å². The molecule has 2 rings (SSSR count). The van der Waals surface area contributed by atoms with Crippen LogP contribution in [0.15, 0.2) is 23.2 Å².